The maximum Gasteiger partial charge on any atom is 0.231 e. The first-order chi connectivity index (χ1) is 6.95. The Labute approximate surface area is 83.0 Å². The van der Waals surface area contributed by atoms with Gasteiger partial charge in [-0.1, -0.05) is 12.1 Å². The lowest BCUT2D eigenvalue weighted by atomic mass is 10.0. The molecule has 1 N–H and O–H groups in total. The van der Waals surface area contributed by atoms with Crippen LogP contribution in [-0.4, -0.2) is 13.3 Å². The van der Waals surface area contributed by atoms with Crippen LogP contribution in [0.25, 0.3) is 0 Å². The van der Waals surface area contributed by atoms with Crippen molar-refractivity contribution in [3.63, 3.8) is 0 Å². The lowest BCUT2D eigenvalue weighted by Gasteiger charge is -2.12. The van der Waals surface area contributed by atoms with Gasteiger partial charge in [0.2, 0.25) is 6.79 Å². The molecule has 1 aromatic rings. The van der Waals surface area contributed by atoms with E-state index in [1.54, 1.807) is 0 Å². The van der Waals surface area contributed by atoms with E-state index in [4.69, 9.17) is 9.47 Å². The van der Waals surface area contributed by atoms with E-state index in [0.29, 0.717) is 12.8 Å². The Morgan fingerprint density at radius 1 is 1.29 bits per heavy atom. The molecule has 0 aliphatic carbocycles. The minimum absolute atomic E-state index is 0.360. The Morgan fingerprint density at radius 3 is 3.14 bits per heavy atom. The molecule has 0 unspecified atom stereocenters. The number of nitrogens with one attached hydrogen (secondary N) is 1. The van der Waals surface area contributed by atoms with Crippen LogP contribution < -0.4 is 14.8 Å². The van der Waals surface area contributed by atoms with E-state index in [-0.39, 0.29) is 0 Å². The van der Waals surface area contributed by atoms with E-state index < -0.39 is 0 Å². The maximum atomic E-state index is 5.48. The van der Waals surface area contributed by atoms with Crippen molar-refractivity contribution in [3.05, 3.63) is 23.8 Å². The molecular formula is C11H13NO2. The number of para-hydroxylation sites is 1. The normalized spacial score (nSPS) is 24.1. The van der Waals surface area contributed by atoms with Gasteiger partial charge in [0.05, 0.1) is 0 Å². The van der Waals surface area contributed by atoms with Crippen LogP contribution in [0.2, 0.25) is 0 Å². The van der Waals surface area contributed by atoms with Crippen LogP contribution in [-0.2, 0) is 0 Å². The number of ether oxygens (including phenoxy) is 2. The zero-order chi connectivity index (χ0) is 9.38. The van der Waals surface area contributed by atoms with Gasteiger partial charge in [0.15, 0.2) is 11.5 Å². The Hall–Kier alpha value is -1.22. The maximum absolute atomic E-state index is 5.48. The lowest BCUT2D eigenvalue weighted by Crippen LogP contribution is -2.13. The summed E-state index contributed by atoms with van der Waals surface area (Å²) in [7, 11) is 0. The van der Waals surface area contributed by atoms with Crippen molar-refractivity contribution in [2.75, 3.05) is 13.3 Å². The molecule has 1 fully saturated rings. The molecule has 2 heterocycles. The molecule has 1 aromatic carbocycles. The first-order valence-corrected chi connectivity index (χ1v) is 5.07. The molecule has 0 radical (unpaired) electrons. The van der Waals surface area contributed by atoms with Gasteiger partial charge < -0.3 is 14.8 Å². The van der Waals surface area contributed by atoms with E-state index in [1.165, 1.54) is 18.4 Å². The molecule has 3 heteroatoms. The summed E-state index contributed by atoms with van der Waals surface area (Å²) < 4.78 is 10.8. The van der Waals surface area contributed by atoms with Gasteiger partial charge in [-0.25, -0.2) is 0 Å². The first kappa shape index (κ1) is 8.12. The zero-order valence-corrected chi connectivity index (χ0v) is 7.95. The molecule has 3 rings (SSSR count). The summed E-state index contributed by atoms with van der Waals surface area (Å²) in [5.41, 5.74) is 1.25. The van der Waals surface area contributed by atoms with Crippen LogP contribution in [0.15, 0.2) is 18.2 Å². The highest BCUT2D eigenvalue weighted by Crippen LogP contribution is 2.40. The SMILES string of the molecule is c1cc2c(c([C@@H]3CCCN3)c1)OCO2. The molecule has 14 heavy (non-hydrogen) atoms. The topological polar surface area (TPSA) is 30.5 Å². The van der Waals surface area contributed by atoms with Gasteiger partial charge in [-0.2, -0.15) is 0 Å². The summed E-state index contributed by atoms with van der Waals surface area (Å²) in [6.45, 7) is 1.47. The highest BCUT2D eigenvalue weighted by Gasteiger charge is 2.24. The van der Waals surface area contributed by atoms with Crippen LogP contribution in [0.4, 0.5) is 0 Å². The fourth-order valence-corrected chi connectivity index (χ4v) is 2.18. The fraction of sp³-hybridized carbons (Fsp3) is 0.455. The van der Waals surface area contributed by atoms with E-state index in [9.17, 15) is 0 Å². The molecule has 0 amide bonds. The van der Waals surface area contributed by atoms with Gasteiger partial charge in [0.1, 0.15) is 0 Å². The van der Waals surface area contributed by atoms with Gasteiger partial charge in [-0.3, -0.25) is 0 Å². The molecule has 0 saturated carbocycles. The third-order valence-electron chi connectivity index (χ3n) is 2.86. The zero-order valence-electron chi connectivity index (χ0n) is 7.95. The Morgan fingerprint density at radius 2 is 2.29 bits per heavy atom. The number of benzene rings is 1. The van der Waals surface area contributed by atoms with Crippen molar-refractivity contribution in [3.8, 4) is 11.5 Å². The highest BCUT2D eigenvalue weighted by molar-refractivity contribution is 5.49. The van der Waals surface area contributed by atoms with Crippen molar-refractivity contribution in [2.24, 2.45) is 0 Å². The van der Waals surface area contributed by atoms with E-state index in [0.717, 1.165) is 18.0 Å². The van der Waals surface area contributed by atoms with Crippen LogP contribution in [0.3, 0.4) is 0 Å². The summed E-state index contributed by atoms with van der Waals surface area (Å²) in [5, 5.41) is 3.47. The lowest BCUT2D eigenvalue weighted by molar-refractivity contribution is 0.173. The van der Waals surface area contributed by atoms with E-state index in [1.807, 2.05) is 12.1 Å². The van der Waals surface area contributed by atoms with Crippen LogP contribution in [0, 0.1) is 0 Å². The molecule has 74 valence electrons. The Balaban J connectivity index is 2.00. The fourth-order valence-electron chi connectivity index (χ4n) is 2.18. The average molecular weight is 191 g/mol. The standard InChI is InChI=1S/C11H13NO2/c1-3-8(9-4-2-6-12-9)11-10(5-1)13-7-14-11/h1,3,5,9,12H,2,4,6-7H2/t9-/m0/s1. The van der Waals surface area contributed by atoms with Crippen LogP contribution >= 0.6 is 0 Å². The van der Waals surface area contributed by atoms with E-state index in [2.05, 4.69) is 11.4 Å². The monoisotopic (exact) mass is 191 g/mol. The molecule has 0 bridgehead atoms. The second-order valence-corrected chi connectivity index (χ2v) is 3.73. The molecule has 1 atom stereocenters. The number of rotatable bonds is 1. The first-order valence-electron chi connectivity index (χ1n) is 5.07. The quantitative estimate of drug-likeness (QED) is 0.734. The smallest absolute Gasteiger partial charge is 0.231 e. The number of hydrogen-bond acceptors (Lipinski definition) is 3. The minimum Gasteiger partial charge on any atom is -0.454 e. The molecule has 1 saturated heterocycles. The predicted molar refractivity (Wildman–Crippen MR) is 52.5 cm³/mol. The molecule has 2 aliphatic rings. The van der Waals surface area contributed by atoms with Crippen LogP contribution in [0.1, 0.15) is 24.4 Å². The van der Waals surface area contributed by atoms with Gasteiger partial charge in [-0.05, 0) is 25.5 Å². The summed E-state index contributed by atoms with van der Waals surface area (Å²) in [4.78, 5) is 0. The minimum atomic E-state index is 0.360. The summed E-state index contributed by atoms with van der Waals surface area (Å²) in [6, 6.07) is 6.56. The third-order valence-corrected chi connectivity index (χ3v) is 2.86. The second kappa shape index (κ2) is 3.17. The summed E-state index contributed by atoms with van der Waals surface area (Å²) >= 11 is 0. The van der Waals surface area contributed by atoms with Crippen molar-refractivity contribution in [2.45, 2.75) is 18.9 Å². The van der Waals surface area contributed by atoms with Gasteiger partial charge in [0.25, 0.3) is 0 Å². The van der Waals surface area contributed by atoms with Gasteiger partial charge in [-0.15, -0.1) is 0 Å². The van der Waals surface area contributed by atoms with Crippen molar-refractivity contribution < 1.29 is 9.47 Å². The van der Waals surface area contributed by atoms with Crippen LogP contribution in [0.5, 0.6) is 11.5 Å². The molecule has 0 aromatic heterocycles. The summed E-state index contributed by atoms with van der Waals surface area (Å²) in [6.07, 6.45) is 2.44. The molecular weight excluding hydrogens is 178 g/mol. The molecule has 0 spiro atoms. The van der Waals surface area contributed by atoms with Crippen molar-refractivity contribution in [1.29, 1.82) is 0 Å². The Kier molecular flexibility index (Phi) is 1.84. The molecule has 2 aliphatic heterocycles. The Bertz CT molecular complexity index is 345. The summed E-state index contributed by atoms with van der Waals surface area (Å²) in [5.74, 6) is 1.82. The van der Waals surface area contributed by atoms with Gasteiger partial charge in [0, 0.05) is 11.6 Å². The predicted octanol–water partition coefficient (Wildman–Crippen LogP) is 1.84. The van der Waals surface area contributed by atoms with Gasteiger partial charge >= 0.3 is 0 Å². The average Bonchev–Trinajstić information content (AvgIpc) is 2.88. The highest BCUT2D eigenvalue weighted by atomic mass is 16.7. The molecule has 3 nitrogen and oxygen atoms in total. The number of fused-ring (bicyclic) bond motifs is 1. The second-order valence-electron chi connectivity index (χ2n) is 3.73. The van der Waals surface area contributed by atoms with Crippen molar-refractivity contribution in [1.82, 2.24) is 5.32 Å². The number of hydrogen-bond donors (Lipinski definition) is 1. The largest absolute Gasteiger partial charge is 0.454 e. The third kappa shape index (κ3) is 1.16. The van der Waals surface area contributed by atoms with Crippen molar-refractivity contribution >= 4 is 0 Å². The van der Waals surface area contributed by atoms with E-state index >= 15 is 0 Å².